The summed E-state index contributed by atoms with van der Waals surface area (Å²) in [7, 11) is 0. The molecule has 2 saturated carbocycles. The molecule has 0 spiro atoms. The fourth-order valence-electron chi connectivity index (χ4n) is 3.47. The third-order valence-electron chi connectivity index (χ3n) is 5.42. The summed E-state index contributed by atoms with van der Waals surface area (Å²) in [5.74, 6) is 0.181. The molecule has 1 heterocycles. The molecule has 6 heteroatoms. The van der Waals surface area contributed by atoms with Crippen molar-refractivity contribution in [2.45, 2.75) is 44.3 Å². The molecular formula is C23H21ClN2O3. The summed E-state index contributed by atoms with van der Waals surface area (Å²) in [6.07, 6.45) is 4.13. The Bertz CT molecular complexity index is 1080. The van der Waals surface area contributed by atoms with E-state index in [2.05, 4.69) is 5.32 Å². The van der Waals surface area contributed by atoms with Crippen LogP contribution in [-0.4, -0.2) is 28.8 Å². The van der Waals surface area contributed by atoms with Crippen molar-refractivity contribution in [2.24, 2.45) is 0 Å². The lowest BCUT2D eigenvalue weighted by atomic mass is 10.1. The Kier molecular flexibility index (Phi) is 4.55. The minimum absolute atomic E-state index is 0.0323. The average Bonchev–Trinajstić information content (AvgIpc) is 3.65. The number of rotatable bonds is 6. The zero-order valence-corrected chi connectivity index (χ0v) is 16.6. The number of furan rings is 1. The third kappa shape index (κ3) is 4.01. The molecule has 0 aliphatic heterocycles. The van der Waals surface area contributed by atoms with E-state index >= 15 is 0 Å². The van der Waals surface area contributed by atoms with Crippen molar-refractivity contribution >= 4 is 34.4 Å². The van der Waals surface area contributed by atoms with Crippen LogP contribution in [-0.2, 0) is 6.54 Å². The first-order valence-electron chi connectivity index (χ1n) is 9.97. The SMILES string of the molecule is O=C(NC1CC1)c1ccc(CN(C(=O)c2cc3cc(Cl)ccc3o2)C2CC2)cc1. The van der Waals surface area contributed by atoms with Crippen molar-refractivity contribution < 1.29 is 14.0 Å². The Labute approximate surface area is 173 Å². The van der Waals surface area contributed by atoms with Crippen LogP contribution in [0, 0.1) is 0 Å². The van der Waals surface area contributed by atoms with Gasteiger partial charge in [-0.2, -0.15) is 0 Å². The van der Waals surface area contributed by atoms with Crippen LogP contribution >= 0.6 is 11.6 Å². The summed E-state index contributed by atoms with van der Waals surface area (Å²) < 4.78 is 5.77. The van der Waals surface area contributed by atoms with Crippen molar-refractivity contribution in [3.8, 4) is 0 Å². The number of nitrogens with one attached hydrogen (secondary N) is 1. The molecule has 2 aliphatic carbocycles. The molecule has 148 valence electrons. The molecule has 5 nitrogen and oxygen atoms in total. The average molecular weight is 409 g/mol. The highest BCUT2D eigenvalue weighted by Gasteiger charge is 2.34. The van der Waals surface area contributed by atoms with Crippen LogP contribution in [0.15, 0.2) is 52.9 Å². The van der Waals surface area contributed by atoms with Crippen LogP contribution in [0.2, 0.25) is 5.02 Å². The molecule has 29 heavy (non-hydrogen) atoms. The molecule has 2 fully saturated rings. The molecule has 2 amide bonds. The second kappa shape index (κ2) is 7.23. The number of hydrogen-bond acceptors (Lipinski definition) is 3. The summed E-state index contributed by atoms with van der Waals surface area (Å²) in [4.78, 5) is 27.1. The zero-order chi connectivity index (χ0) is 20.0. The molecule has 3 aromatic rings. The van der Waals surface area contributed by atoms with Gasteiger partial charge in [0, 0.05) is 34.6 Å². The van der Waals surface area contributed by atoms with Gasteiger partial charge in [-0.25, -0.2) is 0 Å². The highest BCUT2D eigenvalue weighted by molar-refractivity contribution is 6.31. The molecule has 0 radical (unpaired) electrons. The fraction of sp³-hybridized carbons (Fsp3) is 0.304. The van der Waals surface area contributed by atoms with Crippen molar-refractivity contribution in [3.05, 3.63) is 70.4 Å². The van der Waals surface area contributed by atoms with Crippen molar-refractivity contribution in [2.75, 3.05) is 0 Å². The summed E-state index contributed by atoms with van der Waals surface area (Å²) in [6, 6.07) is 15.1. The molecule has 2 aliphatic rings. The van der Waals surface area contributed by atoms with Gasteiger partial charge in [-0.05, 0) is 67.6 Å². The standard InChI is InChI=1S/C23H21ClN2O3/c24-17-5-10-20-16(11-17)12-21(29-20)23(28)26(19-8-9-19)13-14-1-3-15(4-2-14)22(27)25-18-6-7-18/h1-5,10-12,18-19H,6-9,13H2,(H,25,27). The van der Waals surface area contributed by atoms with Gasteiger partial charge in [0.25, 0.3) is 11.8 Å². The lowest BCUT2D eigenvalue weighted by molar-refractivity contribution is 0.0699. The quantitative estimate of drug-likeness (QED) is 0.638. The van der Waals surface area contributed by atoms with Gasteiger partial charge in [-0.15, -0.1) is 0 Å². The minimum Gasteiger partial charge on any atom is -0.451 e. The summed E-state index contributed by atoms with van der Waals surface area (Å²) in [5.41, 5.74) is 2.30. The van der Waals surface area contributed by atoms with Gasteiger partial charge in [-0.1, -0.05) is 23.7 Å². The van der Waals surface area contributed by atoms with Crippen LogP contribution in [0.1, 0.15) is 52.2 Å². The van der Waals surface area contributed by atoms with E-state index in [1.165, 1.54) is 0 Å². The Morgan fingerprint density at radius 1 is 1.03 bits per heavy atom. The van der Waals surface area contributed by atoms with Crippen LogP contribution in [0.5, 0.6) is 0 Å². The third-order valence-corrected chi connectivity index (χ3v) is 5.65. The number of amides is 2. The lowest BCUT2D eigenvalue weighted by Gasteiger charge is -2.21. The summed E-state index contributed by atoms with van der Waals surface area (Å²) >= 11 is 6.04. The smallest absolute Gasteiger partial charge is 0.290 e. The molecule has 0 saturated heterocycles. The molecule has 0 bridgehead atoms. The molecular weight excluding hydrogens is 388 g/mol. The molecule has 1 N–H and O–H groups in total. The topological polar surface area (TPSA) is 62.6 Å². The van der Waals surface area contributed by atoms with Gasteiger partial charge in [-0.3, -0.25) is 9.59 Å². The van der Waals surface area contributed by atoms with Crippen molar-refractivity contribution in [1.82, 2.24) is 10.2 Å². The Morgan fingerprint density at radius 3 is 2.48 bits per heavy atom. The number of benzene rings is 2. The monoisotopic (exact) mass is 408 g/mol. The van der Waals surface area contributed by atoms with Crippen molar-refractivity contribution in [1.29, 1.82) is 0 Å². The zero-order valence-electron chi connectivity index (χ0n) is 15.9. The van der Waals surface area contributed by atoms with Crippen LogP contribution in [0.4, 0.5) is 0 Å². The largest absolute Gasteiger partial charge is 0.451 e. The number of halogens is 1. The maximum absolute atomic E-state index is 13.1. The van der Waals surface area contributed by atoms with E-state index in [1.54, 1.807) is 24.3 Å². The van der Waals surface area contributed by atoms with E-state index in [4.69, 9.17) is 16.0 Å². The Balaban J connectivity index is 1.33. The Morgan fingerprint density at radius 2 is 1.79 bits per heavy atom. The van der Waals surface area contributed by atoms with Crippen molar-refractivity contribution in [3.63, 3.8) is 0 Å². The maximum atomic E-state index is 13.1. The molecule has 5 rings (SSSR count). The van der Waals surface area contributed by atoms with Gasteiger partial charge in [0.1, 0.15) is 5.58 Å². The number of nitrogens with zero attached hydrogens (tertiary/aromatic N) is 1. The highest BCUT2D eigenvalue weighted by Crippen LogP contribution is 2.31. The first-order valence-corrected chi connectivity index (χ1v) is 10.3. The lowest BCUT2D eigenvalue weighted by Crippen LogP contribution is -2.32. The van der Waals surface area contributed by atoms with E-state index in [0.717, 1.165) is 36.6 Å². The van der Waals surface area contributed by atoms with Crippen LogP contribution in [0.3, 0.4) is 0 Å². The highest BCUT2D eigenvalue weighted by atomic mass is 35.5. The number of fused-ring (bicyclic) bond motifs is 1. The fourth-order valence-corrected chi connectivity index (χ4v) is 3.65. The second-order valence-electron chi connectivity index (χ2n) is 7.90. The summed E-state index contributed by atoms with van der Waals surface area (Å²) in [6.45, 7) is 0.492. The summed E-state index contributed by atoms with van der Waals surface area (Å²) in [5, 5.41) is 4.42. The number of carbonyl (C=O) groups is 2. The van der Waals surface area contributed by atoms with E-state index < -0.39 is 0 Å². The van der Waals surface area contributed by atoms with Crippen LogP contribution in [0.25, 0.3) is 11.0 Å². The predicted molar refractivity (Wildman–Crippen MR) is 111 cm³/mol. The molecule has 1 aromatic heterocycles. The maximum Gasteiger partial charge on any atom is 0.290 e. The normalized spacial score (nSPS) is 16.0. The van der Waals surface area contributed by atoms with Gasteiger partial charge >= 0.3 is 0 Å². The van der Waals surface area contributed by atoms with Crippen LogP contribution < -0.4 is 5.32 Å². The Hall–Kier alpha value is -2.79. The molecule has 2 aromatic carbocycles. The van der Waals surface area contributed by atoms with Gasteiger partial charge in [0.15, 0.2) is 5.76 Å². The van der Waals surface area contributed by atoms with Gasteiger partial charge in [0.05, 0.1) is 0 Å². The first kappa shape index (κ1) is 18.3. The molecule has 0 unspecified atom stereocenters. The van der Waals surface area contributed by atoms with E-state index in [-0.39, 0.29) is 17.9 Å². The number of carbonyl (C=O) groups excluding carboxylic acids is 2. The number of hydrogen-bond donors (Lipinski definition) is 1. The van der Waals surface area contributed by atoms with Gasteiger partial charge < -0.3 is 14.6 Å². The van der Waals surface area contributed by atoms with Gasteiger partial charge in [0.2, 0.25) is 0 Å². The molecule has 0 atom stereocenters. The van der Waals surface area contributed by atoms with E-state index in [1.807, 2.05) is 29.2 Å². The van der Waals surface area contributed by atoms with E-state index in [9.17, 15) is 9.59 Å². The predicted octanol–water partition coefficient (Wildman–Crippen LogP) is 4.78. The van der Waals surface area contributed by atoms with E-state index in [0.29, 0.717) is 34.5 Å². The minimum atomic E-state index is -0.115. The first-order chi connectivity index (χ1) is 14.1. The second-order valence-corrected chi connectivity index (χ2v) is 8.34.